The van der Waals surface area contributed by atoms with Gasteiger partial charge in [0.25, 0.3) is 0 Å². The Bertz CT molecular complexity index is 753. The topological polar surface area (TPSA) is 46.1 Å². The molecule has 106 valence electrons. The molecule has 0 aliphatic carbocycles. The molecule has 0 saturated heterocycles. The first-order valence-electron chi connectivity index (χ1n) is 6.38. The largest absolute Gasteiger partial charge is 0.291 e. The Balaban J connectivity index is 1.73. The van der Waals surface area contributed by atoms with Crippen LogP contribution in [0.3, 0.4) is 0 Å². The molecule has 0 aliphatic rings. The molecule has 0 bridgehead atoms. The minimum absolute atomic E-state index is 0.0378. The van der Waals surface area contributed by atoms with Crippen molar-refractivity contribution in [1.82, 2.24) is 9.97 Å². The first-order valence-corrected chi connectivity index (χ1v) is 8.25. The van der Waals surface area contributed by atoms with E-state index in [0.29, 0.717) is 5.75 Å². The van der Waals surface area contributed by atoms with Crippen LogP contribution in [-0.4, -0.2) is 28.7 Å². The number of pyridine rings is 1. The van der Waals surface area contributed by atoms with Gasteiger partial charge in [-0.2, -0.15) is 0 Å². The molecule has 0 atom stereocenters. The molecule has 4 nitrogen and oxygen atoms in total. The second kappa shape index (κ2) is 6.24. The van der Waals surface area contributed by atoms with Crippen molar-refractivity contribution in [2.45, 2.75) is 4.90 Å². The Hall–Kier alpha value is -1.92. The molecule has 0 N–H and O–H groups in total. The number of carbonyl (C=O) groups excluding carboxylic acids is 1. The summed E-state index contributed by atoms with van der Waals surface area (Å²) >= 11 is 2.99. The van der Waals surface area contributed by atoms with Gasteiger partial charge in [0, 0.05) is 35.1 Å². The number of hydrogen-bond acceptors (Lipinski definition) is 5. The lowest BCUT2D eigenvalue weighted by Gasteiger charge is -2.13. The van der Waals surface area contributed by atoms with Gasteiger partial charge in [-0.25, -0.2) is 4.98 Å². The summed E-state index contributed by atoms with van der Waals surface area (Å²) < 4.78 is 0. The number of aromatic nitrogens is 2. The molecule has 0 radical (unpaired) electrons. The second-order valence-electron chi connectivity index (χ2n) is 4.38. The van der Waals surface area contributed by atoms with Crippen LogP contribution in [0.1, 0.15) is 0 Å². The summed E-state index contributed by atoms with van der Waals surface area (Å²) in [5, 5.41) is 3.66. The Kier molecular flexibility index (Phi) is 4.17. The van der Waals surface area contributed by atoms with Crippen LogP contribution in [0.15, 0.2) is 53.0 Å². The van der Waals surface area contributed by atoms with Crippen molar-refractivity contribution in [2.75, 3.05) is 17.7 Å². The van der Waals surface area contributed by atoms with E-state index >= 15 is 0 Å². The zero-order valence-electron chi connectivity index (χ0n) is 11.4. The van der Waals surface area contributed by atoms with Crippen molar-refractivity contribution in [3.8, 4) is 0 Å². The number of nitrogens with zero attached hydrogens (tertiary/aromatic N) is 3. The number of benzene rings is 1. The van der Waals surface area contributed by atoms with Gasteiger partial charge < -0.3 is 0 Å². The number of para-hydroxylation sites is 1. The molecule has 0 saturated carbocycles. The van der Waals surface area contributed by atoms with Gasteiger partial charge in [0.15, 0.2) is 5.13 Å². The molecule has 0 unspecified atom stereocenters. The van der Waals surface area contributed by atoms with Crippen molar-refractivity contribution in [2.24, 2.45) is 0 Å². The molecule has 3 aromatic rings. The predicted octanol–water partition coefficient (Wildman–Crippen LogP) is 3.45. The lowest BCUT2D eigenvalue weighted by molar-refractivity contribution is -0.115. The second-order valence-corrected chi connectivity index (χ2v) is 6.27. The number of thiazole rings is 1. The molecule has 2 aromatic heterocycles. The van der Waals surface area contributed by atoms with Gasteiger partial charge in [0.1, 0.15) is 0 Å². The lowest BCUT2D eigenvalue weighted by atomic mass is 10.2. The molecule has 21 heavy (non-hydrogen) atoms. The van der Waals surface area contributed by atoms with Crippen molar-refractivity contribution in [3.05, 3.63) is 48.1 Å². The third-order valence-corrected chi connectivity index (χ3v) is 4.95. The Labute approximate surface area is 130 Å². The molecule has 0 aliphatic heterocycles. The van der Waals surface area contributed by atoms with Gasteiger partial charge in [-0.3, -0.25) is 14.7 Å². The number of amides is 1. The van der Waals surface area contributed by atoms with Crippen molar-refractivity contribution in [1.29, 1.82) is 0 Å². The lowest BCUT2D eigenvalue weighted by Crippen LogP contribution is -2.27. The quantitative estimate of drug-likeness (QED) is 0.692. The Morgan fingerprint density at radius 2 is 2.10 bits per heavy atom. The smallest absolute Gasteiger partial charge is 0.238 e. The van der Waals surface area contributed by atoms with Crippen LogP contribution in [0.25, 0.3) is 10.9 Å². The van der Waals surface area contributed by atoms with Gasteiger partial charge in [-0.05, 0) is 12.1 Å². The number of carbonyl (C=O) groups is 1. The van der Waals surface area contributed by atoms with E-state index in [1.165, 1.54) is 23.1 Å². The summed E-state index contributed by atoms with van der Waals surface area (Å²) in [7, 11) is 1.76. The highest BCUT2D eigenvalue weighted by Gasteiger charge is 2.14. The normalized spacial score (nSPS) is 10.7. The van der Waals surface area contributed by atoms with E-state index in [1.54, 1.807) is 24.3 Å². The number of thioether (sulfide) groups is 1. The van der Waals surface area contributed by atoms with Gasteiger partial charge in [0.05, 0.1) is 11.3 Å². The van der Waals surface area contributed by atoms with Crippen molar-refractivity contribution in [3.63, 3.8) is 0 Å². The zero-order chi connectivity index (χ0) is 14.7. The maximum Gasteiger partial charge on any atom is 0.238 e. The van der Waals surface area contributed by atoms with E-state index in [-0.39, 0.29) is 5.91 Å². The number of anilines is 1. The highest BCUT2D eigenvalue weighted by Crippen LogP contribution is 2.27. The van der Waals surface area contributed by atoms with Gasteiger partial charge in [-0.1, -0.05) is 18.2 Å². The van der Waals surface area contributed by atoms with E-state index in [2.05, 4.69) is 9.97 Å². The van der Waals surface area contributed by atoms with Crippen LogP contribution in [0.5, 0.6) is 0 Å². The van der Waals surface area contributed by atoms with Gasteiger partial charge >= 0.3 is 0 Å². The molecular weight excluding hydrogens is 302 g/mol. The molecule has 2 heterocycles. The maximum absolute atomic E-state index is 12.2. The van der Waals surface area contributed by atoms with Gasteiger partial charge in [-0.15, -0.1) is 23.1 Å². The van der Waals surface area contributed by atoms with Crippen LogP contribution in [-0.2, 0) is 4.79 Å². The third kappa shape index (κ3) is 3.06. The summed E-state index contributed by atoms with van der Waals surface area (Å²) in [6.45, 7) is 0. The molecule has 1 aromatic carbocycles. The maximum atomic E-state index is 12.2. The molecule has 6 heteroatoms. The van der Waals surface area contributed by atoms with Crippen LogP contribution in [0.4, 0.5) is 5.13 Å². The highest BCUT2D eigenvalue weighted by molar-refractivity contribution is 8.00. The minimum Gasteiger partial charge on any atom is -0.291 e. The van der Waals surface area contributed by atoms with E-state index < -0.39 is 0 Å². The molecule has 3 rings (SSSR count). The third-order valence-electron chi connectivity index (χ3n) is 3.04. The SMILES string of the molecule is CN(C(=O)CSc1ccnc2ccccc12)c1nccs1. The van der Waals surface area contributed by atoms with Crippen LogP contribution in [0.2, 0.25) is 0 Å². The minimum atomic E-state index is 0.0378. The number of rotatable bonds is 4. The molecule has 0 fully saturated rings. The van der Waals surface area contributed by atoms with Crippen molar-refractivity contribution >= 4 is 45.0 Å². The first kappa shape index (κ1) is 14.0. The van der Waals surface area contributed by atoms with E-state index in [9.17, 15) is 4.79 Å². The zero-order valence-corrected chi connectivity index (χ0v) is 13.0. The fraction of sp³-hybridized carbons (Fsp3) is 0.133. The first-order chi connectivity index (χ1) is 10.3. The standard InChI is InChI=1S/C15H13N3OS2/c1-18(15-17-8-9-20-15)14(19)10-21-13-6-7-16-12-5-3-2-4-11(12)13/h2-9H,10H2,1H3. The monoisotopic (exact) mass is 315 g/mol. The molecule has 1 amide bonds. The highest BCUT2D eigenvalue weighted by atomic mass is 32.2. The fourth-order valence-electron chi connectivity index (χ4n) is 1.92. The number of hydrogen-bond donors (Lipinski definition) is 0. The Morgan fingerprint density at radius 1 is 1.24 bits per heavy atom. The average Bonchev–Trinajstić information content (AvgIpc) is 3.06. The van der Waals surface area contributed by atoms with E-state index in [1.807, 2.05) is 35.7 Å². The van der Waals surface area contributed by atoms with E-state index in [0.717, 1.165) is 20.9 Å². The molecular formula is C15H13N3OS2. The predicted molar refractivity (Wildman–Crippen MR) is 88.0 cm³/mol. The summed E-state index contributed by atoms with van der Waals surface area (Å²) in [6, 6.07) is 9.90. The van der Waals surface area contributed by atoms with E-state index in [4.69, 9.17) is 0 Å². The molecule has 0 spiro atoms. The van der Waals surface area contributed by atoms with Crippen molar-refractivity contribution < 1.29 is 4.79 Å². The summed E-state index contributed by atoms with van der Waals surface area (Å²) in [4.78, 5) is 23.4. The van der Waals surface area contributed by atoms with Crippen LogP contribution in [0, 0.1) is 0 Å². The Morgan fingerprint density at radius 3 is 2.90 bits per heavy atom. The van der Waals surface area contributed by atoms with Gasteiger partial charge in [0.2, 0.25) is 5.91 Å². The average molecular weight is 315 g/mol. The number of fused-ring (bicyclic) bond motifs is 1. The summed E-state index contributed by atoms with van der Waals surface area (Å²) in [5.74, 6) is 0.417. The van der Waals surface area contributed by atoms with Crippen LogP contribution < -0.4 is 4.90 Å². The van der Waals surface area contributed by atoms with Crippen LogP contribution >= 0.6 is 23.1 Å². The summed E-state index contributed by atoms with van der Waals surface area (Å²) in [6.07, 6.45) is 3.48. The fourth-order valence-corrected chi connectivity index (χ4v) is 3.50. The summed E-state index contributed by atoms with van der Waals surface area (Å²) in [5.41, 5.74) is 0.947.